The highest BCUT2D eigenvalue weighted by Gasteiger charge is 2.33. The summed E-state index contributed by atoms with van der Waals surface area (Å²) in [7, 11) is 0. The normalized spacial score (nSPS) is 23.2. The van der Waals surface area contributed by atoms with Gasteiger partial charge >= 0.3 is 6.18 Å². The Kier molecular flexibility index (Phi) is 8.14. The van der Waals surface area contributed by atoms with Gasteiger partial charge < -0.3 is 21.7 Å². The van der Waals surface area contributed by atoms with E-state index in [4.69, 9.17) is 10.8 Å². The molecule has 0 spiro atoms. The Morgan fingerprint density at radius 3 is 2.74 bits per heavy atom. The van der Waals surface area contributed by atoms with E-state index in [1.807, 2.05) is 10.8 Å². The van der Waals surface area contributed by atoms with Crippen LogP contribution in [0.4, 0.5) is 24.8 Å². The first kappa shape index (κ1) is 30.8. The molecule has 4 bridgehead atoms. The fourth-order valence-electron chi connectivity index (χ4n) is 6.75. The van der Waals surface area contributed by atoms with Gasteiger partial charge in [-0.2, -0.15) is 18.3 Å². The van der Waals surface area contributed by atoms with Crippen molar-refractivity contribution in [2.45, 2.75) is 50.0 Å². The molecule has 5 N–H and O–H groups in total. The van der Waals surface area contributed by atoms with Crippen molar-refractivity contribution in [3.05, 3.63) is 71.6 Å². The maximum Gasteiger partial charge on any atom is 0.416 e. The van der Waals surface area contributed by atoms with Crippen LogP contribution < -0.4 is 21.7 Å². The molecule has 244 valence electrons. The molecule has 14 heteroatoms. The highest BCUT2D eigenvalue weighted by atomic mass is 19.4. The molecular weight excluding hydrogens is 611 g/mol. The third-order valence-corrected chi connectivity index (χ3v) is 9.11. The lowest BCUT2D eigenvalue weighted by Crippen LogP contribution is -2.58. The number of hydrogen-bond acceptors (Lipinski definition) is 8. The minimum Gasteiger partial charge on any atom is -0.383 e. The molecule has 3 aliphatic rings. The highest BCUT2D eigenvalue weighted by Crippen LogP contribution is 2.39. The van der Waals surface area contributed by atoms with E-state index in [9.17, 15) is 22.8 Å². The van der Waals surface area contributed by atoms with Gasteiger partial charge in [-0.05, 0) is 49.9 Å². The molecule has 3 aromatic heterocycles. The number of aromatic nitrogens is 4. The van der Waals surface area contributed by atoms with E-state index in [1.165, 1.54) is 0 Å². The van der Waals surface area contributed by atoms with E-state index in [0.29, 0.717) is 42.0 Å². The molecule has 4 aromatic rings. The van der Waals surface area contributed by atoms with Crippen molar-refractivity contribution in [3.8, 4) is 11.3 Å². The lowest BCUT2D eigenvalue weighted by atomic mass is 9.90. The van der Waals surface area contributed by atoms with Crippen LogP contribution in [0.1, 0.15) is 53.2 Å². The van der Waals surface area contributed by atoms with Gasteiger partial charge in [0.25, 0.3) is 5.91 Å². The first-order chi connectivity index (χ1) is 22.6. The number of alkyl halides is 3. The van der Waals surface area contributed by atoms with Gasteiger partial charge in [-0.3, -0.25) is 19.2 Å². The van der Waals surface area contributed by atoms with Crippen molar-refractivity contribution in [3.63, 3.8) is 0 Å². The Hall–Kier alpha value is -4.82. The first-order valence-electron chi connectivity index (χ1n) is 15.7. The number of anilines is 2. The molecule has 1 aliphatic carbocycles. The number of pyridine rings is 2. The molecule has 7 rings (SSSR count). The molecule has 1 aromatic carbocycles. The fraction of sp³-hybridized carbons (Fsp3) is 0.364. The minimum absolute atomic E-state index is 0.00279. The van der Waals surface area contributed by atoms with Crippen molar-refractivity contribution in [1.29, 1.82) is 0 Å². The number of carbonyl (C=O) groups is 2. The van der Waals surface area contributed by atoms with Gasteiger partial charge in [0, 0.05) is 61.3 Å². The van der Waals surface area contributed by atoms with Crippen molar-refractivity contribution in [2.75, 3.05) is 37.2 Å². The number of halogens is 3. The maximum absolute atomic E-state index is 13.2. The highest BCUT2D eigenvalue weighted by molar-refractivity contribution is 6.06. The van der Waals surface area contributed by atoms with Gasteiger partial charge in [-0.1, -0.05) is 24.3 Å². The largest absolute Gasteiger partial charge is 0.416 e. The molecule has 1 saturated carbocycles. The lowest BCUT2D eigenvalue weighted by Gasteiger charge is -2.35. The summed E-state index contributed by atoms with van der Waals surface area (Å²) in [5.74, 6) is -0.459. The average Bonchev–Trinajstić information content (AvgIpc) is 3.47. The fourth-order valence-corrected chi connectivity index (χ4v) is 6.75. The maximum atomic E-state index is 13.2. The Bertz CT molecular complexity index is 1850. The van der Waals surface area contributed by atoms with Gasteiger partial charge in [0.05, 0.1) is 28.6 Å². The quantitative estimate of drug-likeness (QED) is 0.259. The summed E-state index contributed by atoms with van der Waals surface area (Å²) < 4.78 is 41.4. The SMILES string of the molecule is Nc1ncc2c3c1c(-c1ccc(C(=O)Nc4cc(C(F)(F)F)ccn4)cc1)nn3[C@@H]1CCC[C@H](C1)NC(=O)[C@H]1CN(CC=C2)CCN1. The van der Waals surface area contributed by atoms with Crippen LogP contribution in [0.15, 0.2) is 54.9 Å². The molecule has 5 heterocycles. The van der Waals surface area contributed by atoms with Crippen LogP contribution in [-0.2, 0) is 11.0 Å². The van der Waals surface area contributed by atoms with Crippen LogP contribution in [0.5, 0.6) is 0 Å². The monoisotopic (exact) mass is 645 g/mol. The van der Waals surface area contributed by atoms with Gasteiger partial charge in [0.2, 0.25) is 5.91 Å². The zero-order valence-corrected chi connectivity index (χ0v) is 25.4. The van der Waals surface area contributed by atoms with Crippen molar-refractivity contribution in [2.24, 2.45) is 0 Å². The molecule has 2 fully saturated rings. The van der Waals surface area contributed by atoms with Gasteiger partial charge in [-0.15, -0.1) is 0 Å². The second kappa shape index (κ2) is 12.4. The Balaban J connectivity index is 1.24. The van der Waals surface area contributed by atoms with E-state index in [0.717, 1.165) is 61.8 Å². The Morgan fingerprint density at radius 1 is 1.11 bits per heavy atom. The molecule has 47 heavy (non-hydrogen) atoms. The second-order valence-electron chi connectivity index (χ2n) is 12.3. The second-order valence-corrected chi connectivity index (χ2v) is 12.3. The van der Waals surface area contributed by atoms with E-state index in [1.54, 1.807) is 30.5 Å². The number of piperazine rings is 1. The van der Waals surface area contributed by atoms with Crippen LogP contribution in [0, 0.1) is 0 Å². The summed E-state index contributed by atoms with van der Waals surface area (Å²) in [6.07, 6.45) is 5.73. The number of amides is 2. The van der Waals surface area contributed by atoms with E-state index >= 15 is 0 Å². The number of hydrogen-bond donors (Lipinski definition) is 4. The smallest absolute Gasteiger partial charge is 0.383 e. The molecule has 0 radical (unpaired) electrons. The van der Waals surface area contributed by atoms with E-state index in [-0.39, 0.29) is 35.4 Å². The molecule has 11 nitrogen and oxygen atoms in total. The minimum atomic E-state index is -4.56. The first-order valence-corrected chi connectivity index (χ1v) is 15.7. The van der Waals surface area contributed by atoms with Crippen LogP contribution in [0.2, 0.25) is 0 Å². The number of carbonyl (C=O) groups excluding carboxylic acids is 2. The number of rotatable bonds is 3. The topological polar surface area (TPSA) is 143 Å². The van der Waals surface area contributed by atoms with Crippen LogP contribution in [0.3, 0.4) is 0 Å². The molecule has 2 aliphatic heterocycles. The predicted molar refractivity (Wildman–Crippen MR) is 171 cm³/mol. The molecular formula is C33H34F3N9O2. The van der Waals surface area contributed by atoms with Crippen molar-refractivity contribution >= 4 is 40.4 Å². The van der Waals surface area contributed by atoms with Crippen LogP contribution >= 0.6 is 0 Å². The number of nitrogen functional groups attached to an aromatic ring is 1. The molecule has 2 amide bonds. The number of nitrogens with one attached hydrogen (secondary N) is 3. The number of fused-ring (bicyclic) bond motifs is 5. The predicted octanol–water partition coefficient (Wildman–Crippen LogP) is 4.25. The lowest BCUT2D eigenvalue weighted by molar-refractivity contribution is -0.137. The summed E-state index contributed by atoms with van der Waals surface area (Å²) in [4.78, 5) is 36.8. The Labute approximate surface area is 268 Å². The number of benzene rings is 1. The number of nitrogens with zero attached hydrogens (tertiary/aromatic N) is 5. The molecule has 1 saturated heterocycles. The third-order valence-electron chi connectivity index (χ3n) is 9.11. The zero-order valence-electron chi connectivity index (χ0n) is 25.4. The van der Waals surface area contributed by atoms with Gasteiger partial charge in [-0.25, -0.2) is 9.97 Å². The zero-order chi connectivity index (χ0) is 32.7. The van der Waals surface area contributed by atoms with Gasteiger partial charge in [0.1, 0.15) is 17.3 Å². The summed E-state index contributed by atoms with van der Waals surface area (Å²) >= 11 is 0. The van der Waals surface area contributed by atoms with Crippen molar-refractivity contribution in [1.82, 2.24) is 35.3 Å². The summed E-state index contributed by atoms with van der Waals surface area (Å²) in [6.45, 7) is 2.88. The van der Waals surface area contributed by atoms with Crippen molar-refractivity contribution < 1.29 is 22.8 Å². The molecule has 1 unspecified atom stereocenters. The summed E-state index contributed by atoms with van der Waals surface area (Å²) in [5, 5.41) is 14.9. The van der Waals surface area contributed by atoms with Crippen LogP contribution in [-0.4, -0.2) is 74.7 Å². The standard InChI is InChI=1S/C33H34F3N9O2/c34-33(35,36)22-10-11-39-26(15-22)42-31(46)20-8-6-19(7-9-20)28-27-29-21(17-40-30(27)37)3-2-13-44-14-12-38-25(18-44)32(47)41-23-4-1-5-24(16-23)45(29)43-28/h2-3,6-11,15,17,23-25,38H,1,4-5,12-14,16,18H2,(H2,37,40)(H,41,47)(H,39,42,46)/t23-,24-,25-/m1/s1. The van der Waals surface area contributed by atoms with Gasteiger partial charge in [0.15, 0.2) is 0 Å². The van der Waals surface area contributed by atoms with Crippen LogP contribution in [0.25, 0.3) is 28.2 Å². The summed E-state index contributed by atoms with van der Waals surface area (Å²) in [6, 6.07) is 8.01. The Morgan fingerprint density at radius 2 is 1.94 bits per heavy atom. The summed E-state index contributed by atoms with van der Waals surface area (Å²) in [5.41, 5.74) is 8.89. The number of nitrogens with two attached hydrogens (primary N) is 1. The molecule has 4 atom stereocenters. The van der Waals surface area contributed by atoms with E-state index in [2.05, 4.69) is 36.9 Å². The third kappa shape index (κ3) is 6.30. The van der Waals surface area contributed by atoms with E-state index < -0.39 is 17.6 Å². The average molecular weight is 646 g/mol.